The summed E-state index contributed by atoms with van der Waals surface area (Å²) in [6.45, 7) is 1.86. The van der Waals surface area contributed by atoms with Gasteiger partial charge in [-0.15, -0.1) is 12.3 Å². The molecule has 0 N–H and O–H groups in total. The molecule has 0 amide bonds. The van der Waals surface area contributed by atoms with E-state index in [1.54, 1.807) is 0 Å². The van der Waals surface area contributed by atoms with Gasteiger partial charge in [0.2, 0.25) is 0 Å². The molecule has 1 unspecified atom stereocenters. The normalized spacial score (nSPS) is 11.4. The molecule has 0 aromatic rings. The van der Waals surface area contributed by atoms with Gasteiger partial charge in [-0.1, -0.05) is 0 Å². The van der Waals surface area contributed by atoms with Crippen molar-refractivity contribution in [1.29, 1.82) is 0 Å². The fourth-order valence-corrected chi connectivity index (χ4v) is 0.689. The monoisotopic (exact) mass is 182 g/mol. The maximum atomic E-state index is 10.9. The van der Waals surface area contributed by atoms with Crippen LogP contribution >= 0.6 is 0 Å². The van der Waals surface area contributed by atoms with Gasteiger partial charge in [0, 0.05) is 6.42 Å². The largest absolute Gasteiger partial charge is 0.465 e. The lowest BCUT2D eigenvalue weighted by molar-refractivity contribution is -0.149. The van der Waals surface area contributed by atoms with E-state index in [9.17, 15) is 9.59 Å². The van der Waals surface area contributed by atoms with E-state index in [2.05, 4.69) is 5.92 Å². The second-order valence-electron chi connectivity index (χ2n) is 2.75. The van der Waals surface area contributed by atoms with Crippen molar-refractivity contribution in [2.75, 3.05) is 6.61 Å². The molecule has 0 aliphatic heterocycles. The quantitative estimate of drug-likeness (QED) is 0.203. The standard InChI is InChI=1S/C10H14O3/c1-3-4-5-6-7-13-10(12)9(2)8-11/h1,8-9H,4-7H2,2H3. The molecular formula is C10H14O3. The van der Waals surface area contributed by atoms with Crippen molar-refractivity contribution in [3.63, 3.8) is 0 Å². The zero-order chi connectivity index (χ0) is 10.1. The summed E-state index contributed by atoms with van der Waals surface area (Å²) in [4.78, 5) is 21.1. The van der Waals surface area contributed by atoms with E-state index in [1.165, 1.54) is 6.92 Å². The Morgan fingerprint density at radius 3 is 2.85 bits per heavy atom. The lowest BCUT2D eigenvalue weighted by Crippen LogP contribution is -2.16. The minimum absolute atomic E-state index is 0.346. The first-order valence-corrected chi connectivity index (χ1v) is 4.27. The summed E-state index contributed by atoms with van der Waals surface area (Å²) < 4.78 is 4.80. The van der Waals surface area contributed by atoms with E-state index >= 15 is 0 Å². The van der Waals surface area contributed by atoms with Crippen LogP contribution in [0.2, 0.25) is 0 Å². The molecule has 0 bridgehead atoms. The summed E-state index contributed by atoms with van der Waals surface area (Å²) >= 11 is 0. The summed E-state index contributed by atoms with van der Waals surface area (Å²) in [5, 5.41) is 0. The van der Waals surface area contributed by atoms with Gasteiger partial charge in [-0.3, -0.25) is 4.79 Å². The molecule has 0 rings (SSSR count). The fraction of sp³-hybridized carbons (Fsp3) is 0.600. The lowest BCUT2D eigenvalue weighted by Gasteiger charge is -2.04. The van der Waals surface area contributed by atoms with Gasteiger partial charge in [0.05, 0.1) is 6.61 Å². The number of ether oxygens (including phenoxy) is 1. The van der Waals surface area contributed by atoms with Gasteiger partial charge >= 0.3 is 5.97 Å². The second-order valence-corrected chi connectivity index (χ2v) is 2.75. The third-order valence-corrected chi connectivity index (χ3v) is 1.54. The minimum Gasteiger partial charge on any atom is -0.465 e. The zero-order valence-electron chi connectivity index (χ0n) is 7.79. The maximum absolute atomic E-state index is 10.9. The van der Waals surface area contributed by atoms with Crippen molar-refractivity contribution in [1.82, 2.24) is 0 Å². The fourth-order valence-electron chi connectivity index (χ4n) is 0.689. The van der Waals surface area contributed by atoms with Crippen molar-refractivity contribution in [2.24, 2.45) is 5.92 Å². The van der Waals surface area contributed by atoms with Crippen molar-refractivity contribution in [2.45, 2.75) is 26.2 Å². The van der Waals surface area contributed by atoms with Gasteiger partial charge in [0.1, 0.15) is 12.2 Å². The smallest absolute Gasteiger partial charge is 0.315 e. The van der Waals surface area contributed by atoms with E-state index in [0.717, 1.165) is 12.8 Å². The first-order chi connectivity index (χ1) is 6.22. The molecule has 1 atom stereocenters. The van der Waals surface area contributed by atoms with Gasteiger partial charge in [0.15, 0.2) is 0 Å². The molecule has 0 radical (unpaired) electrons. The van der Waals surface area contributed by atoms with Crippen LogP contribution in [-0.2, 0) is 14.3 Å². The highest BCUT2D eigenvalue weighted by Gasteiger charge is 2.11. The number of terminal acetylenes is 1. The number of unbranched alkanes of at least 4 members (excludes halogenated alkanes) is 2. The number of hydrogen-bond donors (Lipinski definition) is 0. The number of esters is 1. The van der Waals surface area contributed by atoms with Crippen molar-refractivity contribution >= 4 is 12.3 Å². The Morgan fingerprint density at radius 2 is 2.31 bits per heavy atom. The van der Waals surface area contributed by atoms with Crippen LogP contribution in [0.15, 0.2) is 0 Å². The van der Waals surface area contributed by atoms with Gasteiger partial charge in [0.25, 0.3) is 0 Å². The summed E-state index contributed by atoms with van der Waals surface area (Å²) in [5.41, 5.74) is 0. The minimum atomic E-state index is -0.660. The molecule has 3 nitrogen and oxygen atoms in total. The molecule has 72 valence electrons. The molecule has 0 aliphatic rings. The first kappa shape index (κ1) is 11.7. The Labute approximate surface area is 78.5 Å². The third-order valence-electron chi connectivity index (χ3n) is 1.54. The number of carbonyl (C=O) groups excluding carboxylic acids is 2. The molecule has 0 aromatic heterocycles. The van der Waals surface area contributed by atoms with Crippen LogP contribution in [0.5, 0.6) is 0 Å². The van der Waals surface area contributed by atoms with E-state index in [-0.39, 0.29) is 0 Å². The van der Waals surface area contributed by atoms with Gasteiger partial charge in [-0.25, -0.2) is 0 Å². The summed E-state index contributed by atoms with van der Waals surface area (Å²) in [5.74, 6) is 1.37. The molecule has 0 heterocycles. The van der Waals surface area contributed by atoms with Crippen LogP contribution in [0.1, 0.15) is 26.2 Å². The first-order valence-electron chi connectivity index (χ1n) is 4.27. The van der Waals surface area contributed by atoms with Crippen LogP contribution < -0.4 is 0 Å². The third kappa shape index (κ3) is 5.92. The average Bonchev–Trinajstić information content (AvgIpc) is 2.16. The van der Waals surface area contributed by atoms with Crippen molar-refractivity contribution in [3.05, 3.63) is 0 Å². The van der Waals surface area contributed by atoms with Crippen LogP contribution in [0.3, 0.4) is 0 Å². The Bertz CT molecular complexity index is 203. The maximum Gasteiger partial charge on any atom is 0.315 e. The molecule has 0 aliphatic carbocycles. The Morgan fingerprint density at radius 1 is 1.62 bits per heavy atom. The average molecular weight is 182 g/mol. The van der Waals surface area contributed by atoms with Crippen LogP contribution in [0.4, 0.5) is 0 Å². The SMILES string of the molecule is C#CCCCCOC(=O)C(C)C=O. The Balaban J connectivity index is 3.38. The summed E-state index contributed by atoms with van der Waals surface area (Å²) in [7, 11) is 0. The molecule has 3 heteroatoms. The summed E-state index contributed by atoms with van der Waals surface area (Å²) in [6.07, 6.45) is 7.90. The molecule has 0 saturated heterocycles. The highest BCUT2D eigenvalue weighted by atomic mass is 16.5. The van der Waals surface area contributed by atoms with Crippen LogP contribution in [-0.4, -0.2) is 18.9 Å². The van der Waals surface area contributed by atoms with Crippen molar-refractivity contribution in [3.8, 4) is 12.3 Å². The van der Waals surface area contributed by atoms with Gasteiger partial charge in [-0.2, -0.15) is 0 Å². The predicted octanol–water partition coefficient (Wildman–Crippen LogP) is 1.17. The number of hydrogen-bond acceptors (Lipinski definition) is 3. The summed E-state index contributed by atoms with van der Waals surface area (Å²) in [6, 6.07) is 0. The molecule has 0 aromatic carbocycles. The van der Waals surface area contributed by atoms with Crippen LogP contribution in [0, 0.1) is 18.3 Å². The topological polar surface area (TPSA) is 43.4 Å². The van der Waals surface area contributed by atoms with E-state index in [0.29, 0.717) is 19.3 Å². The number of carbonyl (C=O) groups is 2. The highest BCUT2D eigenvalue weighted by Crippen LogP contribution is 1.98. The molecular weight excluding hydrogens is 168 g/mol. The Kier molecular flexibility index (Phi) is 6.62. The van der Waals surface area contributed by atoms with E-state index < -0.39 is 11.9 Å². The van der Waals surface area contributed by atoms with E-state index in [1.807, 2.05) is 0 Å². The lowest BCUT2D eigenvalue weighted by atomic mass is 10.2. The van der Waals surface area contributed by atoms with Crippen molar-refractivity contribution < 1.29 is 14.3 Å². The predicted molar refractivity (Wildman–Crippen MR) is 48.9 cm³/mol. The second kappa shape index (κ2) is 7.35. The molecule has 0 fully saturated rings. The van der Waals surface area contributed by atoms with E-state index in [4.69, 9.17) is 11.2 Å². The molecule has 0 saturated carbocycles. The molecule has 0 spiro atoms. The van der Waals surface area contributed by atoms with Gasteiger partial charge in [-0.05, 0) is 19.8 Å². The van der Waals surface area contributed by atoms with Gasteiger partial charge < -0.3 is 9.53 Å². The highest BCUT2D eigenvalue weighted by molar-refractivity contribution is 5.87. The molecule has 13 heavy (non-hydrogen) atoms. The Hall–Kier alpha value is -1.30. The number of aldehydes is 1. The van der Waals surface area contributed by atoms with Crippen LogP contribution in [0.25, 0.3) is 0 Å². The number of rotatable bonds is 6. The zero-order valence-corrected chi connectivity index (χ0v) is 7.79.